The first-order chi connectivity index (χ1) is 2.81. The van der Waals surface area contributed by atoms with Crippen LogP contribution in [0.25, 0.3) is 0 Å². The number of rotatable bonds is 1. The van der Waals surface area contributed by atoms with Gasteiger partial charge in [0.15, 0.2) is 0 Å². The first kappa shape index (κ1) is 5.94. The van der Waals surface area contributed by atoms with Crippen LogP contribution in [0.2, 0.25) is 0 Å². The second-order valence-electron chi connectivity index (χ2n) is 0.648. The van der Waals surface area contributed by atoms with Gasteiger partial charge in [-0.3, -0.25) is 9.93 Å². The molecule has 0 aromatic carbocycles. The lowest BCUT2D eigenvalue weighted by molar-refractivity contribution is -0.113. The molecular formula is C2H5NO2S. The molecule has 36 valence electrons. The molecule has 0 aliphatic carbocycles. The van der Waals surface area contributed by atoms with E-state index in [-0.39, 0.29) is 0 Å². The quantitative estimate of drug-likeness (QED) is 0.427. The molecular weight excluding hydrogens is 102 g/mol. The Morgan fingerprint density at radius 3 is 2.50 bits per heavy atom. The molecule has 0 aromatic rings. The van der Waals surface area contributed by atoms with Crippen molar-refractivity contribution in [3.63, 3.8) is 0 Å². The van der Waals surface area contributed by atoms with Crippen LogP contribution in [0.5, 0.6) is 0 Å². The average molecular weight is 107 g/mol. The molecule has 0 spiro atoms. The molecule has 0 saturated carbocycles. The van der Waals surface area contributed by atoms with Gasteiger partial charge >= 0.3 is 0 Å². The van der Waals surface area contributed by atoms with Crippen LogP contribution in [0.15, 0.2) is 0 Å². The second kappa shape index (κ2) is 3.14. The van der Waals surface area contributed by atoms with Crippen LogP contribution in [-0.4, -0.2) is 16.8 Å². The van der Waals surface area contributed by atoms with Crippen LogP contribution >= 0.6 is 11.9 Å². The number of nitrogens with two attached hydrogens (primary N) is 1. The summed E-state index contributed by atoms with van der Waals surface area (Å²) in [5.41, 5.74) is 0. The summed E-state index contributed by atoms with van der Waals surface area (Å²) in [6.45, 7) is -0.471. The maximum absolute atomic E-state index is 9.77. The third kappa shape index (κ3) is 2.19. The summed E-state index contributed by atoms with van der Waals surface area (Å²) in [7, 11) is 0. The average Bonchev–Trinajstić information content (AvgIpc) is 1.65. The minimum absolute atomic E-state index is 0.407. The Balaban J connectivity index is 2.99. The summed E-state index contributed by atoms with van der Waals surface area (Å²) in [5.74, 6) is 0. The zero-order valence-electron chi connectivity index (χ0n) is 3.05. The standard InChI is InChI=1S/C2H5NO2S/c3-6-2(5)1-4/h4H,1,3H2. The highest BCUT2D eigenvalue weighted by Crippen LogP contribution is 1.83. The number of aliphatic hydroxyl groups excluding tert-OH is 1. The Morgan fingerprint density at radius 2 is 2.50 bits per heavy atom. The zero-order chi connectivity index (χ0) is 4.99. The fraction of sp³-hybridized carbons (Fsp3) is 0.500. The van der Waals surface area contributed by atoms with E-state index in [0.29, 0.717) is 11.9 Å². The van der Waals surface area contributed by atoms with E-state index in [1.54, 1.807) is 0 Å². The van der Waals surface area contributed by atoms with E-state index in [1.807, 2.05) is 0 Å². The summed E-state index contributed by atoms with van der Waals surface area (Å²) in [5, 5.41) is 12.2. The van der Waals surface area contributed by atoms with Crippen molar-refractivity contribution in [3.05, 3.63) is 0 Å². The minimum Gasteiger partial charge on any atom is -0.388 e. The molecule has 3 N–H and O–H groups in total. The van der Waals surface area contributed by atoms with Gasteiger partial charge in [-0.15, -0.1) is 0 Å². The lowest BCUT2D eigenvalue weighted by Gasteiger charge is -1.80. The van der Waals surface area contributed by atoms with Gasteiger partial charge in [0.05, 0.1) is 0 Å². The molecule has 0 aromatic heterocycles. The van der Waals surface area contributed by atoms with Crippen LogP contribution < -0.4 is 5.14 Å². The molecule has 6 heavy (non-hydrogen) atoms. The van der Waals surface area contributed by atoms with E-state index in [1.165, 1.54) is 0 Å². The van der Waals surface area contributed by atoms with Gasteiger partial charge in [0.25, 0.3) is 0 Å². The third-order valence-corrected chi connectivity index (χ3v) is 0.653. The van der Waals surface area contributed by atoms with Crippen molar-refractivity contribution >= 4 is 17.1 Å². The molecule has 3 nitrogen and oxygen atoms in total. The number of hydrogen-bond donors (Lipinski definition) is 2. The summed E-state index contributed by atoms with van der Waals surface area (Å²) in [6.07, 6.45) is 0. The Bertz CT molecular complexity index is 49.5. The van der Waals surface area contributed by atoms with Crippen molar-refractivity contribution in [1.82, 2.24) is 0 Å². The molecule has 0 saturated heterocycles. The number of carbonyl (C=O) groups is 1. The van der Waals surface area contributed by atoms with Gasteiger partial charge < -0.3 is 5.11 Å². The van der Waals surface area contributed by atoms with Crippen molar-refractivity contribution in [2.24, 2.45) is 5.14 Å². The Kier molecular flexibility index (Phi) is 3.11. The van der Waals surface area contributed by atoms with Crippen LogP contribution in [0.4, 0.5) is 0 Å². The van der Waals surface area contributed by atoms with Crippen LogP contribution in [0.3, 0.4) is 0 Å². The monoisotopic (exact) mass is 107 g/mol. The molecule has 0 unspecified atom stereocenters. The summed E-state index contributed by atoms with van der Waals surface area (Å²) < 4.78 is 0. The summed E-state index contributed by atoms with van der Waals surface area (Å²) in [6, 6.07) is 0. The highest BCUT2D eigenvalue weighted by Gasteiger charge is 1.90. The van der Waals surface area contributed by atoms with Gasteiger partial charge in [-0.2, -0.15) is 0 Å². The van der Waals surface area contributed by atoms with Gasteiger partial charge in [0.1, 0.15) is 6.61 Å². The van der Waals surface area contributed by atoms with E-state index < -0.39 is 11.7 Å². The Labute approximate surface area is 39.7 Å². The summed E-state index contributed by atoms with van der Waals surface area (Å²) in [4.78, 5) is 9.77. The van der Waals surface area contributed by atoms with Crippen molar-refractivity contribution in [2.75, 3.05) is 6.61 Å². The Morgan fingerprint density at radius 1 is 2.00 bits per heavy atom. The molecule has 0 heterocycles. The SMILES string of the molecule is NSC(=O)CO. The third-order valence-electron chi connectivity index (χ3n) is 0.261. The van der Waals surface area contributed by atoms with Crippen molar-refractivity contribution < 1.29 is 9.90 Å². The van der Waals surface area contributed by atoms with E-state index in [9.17, 15) is 4.79 Å². The molecule has 0 fully saturated rings. The minimum atomic E-state index is -0.471. The normalized spacial score (nSPS) is 8.33. The molecule has 0 aliphatic rings. The molecule has 0 aliphatic heterocycles. The van der Waals surface area contributed by atoms with Gasteiger partial charge in [-0.05, 0) is 11.9 Å². The van der Waals surface area contributed by atoms with Crippen LogP contribution in [-0.2, 0) is 4.79 Å². The molecule has 0 atom stereocenters. The smallest absolute Gasteiger partial charge is 0.228 e. The van der Waals surface area contributed by atoms with Gasteiger partial charge in [0, 0.05) is 0 Å². The van der Waals surface area contributed by atoms with Crippen LogP contribution in [0.1, 0.15) is 0 Å². The van der Waals surface area contributed by atoms with Crippen molar-refractivity contribution in [3.8, 4) is 0 Å². The largest absolute Gasteiger partial charge is 0.388 e. The number of hydrogen-bond acceptors (Lipinski definition) is 4. The maximum atomic E-state index is 9.77. The fourth-order valence-corrected chi connectivity index (χ4v) is 0.112. The topological polar surface area (TPSA) is 63.3 Å². The van der Waals surface area contributed by atoms with Crippen molar-refractivity contribution in [2.45, 2.75) is 0 Å². The Hall–Kier alpha value is -0.0600. The lowest BCUT2D eigenvalue weighted by Crippen LogP contribution is -1.99. The summed E-state index contributed by atoms with van der Waals surface area (Å²) >= 11 is 0.536. The van der Waals surface area contributed by atoms with E-state index in [4.69, 9.17) is 5.11 Å². The predicted octanol–water partition coefficient (Wildman–Crippen LogP) is -0.888. The fourth-order valence-electron chi connectivity index (χ4n) is 0.0373. The molecule has 4 heteroatoms. The molecule has 0 radical (unpaired) electrons. The van der Waals surface area contributed by atoms with Crippen molar-refractivity contribution in [1.29, 1.82) is 0 Å². The van der Waals surface area contributed by atoms with E-state index >= 15 is 0 Å². The first-order valence-corrected chi connectivity index (χ1v) is 2.19. The van der Waals surface area contributed by atoms with Gasteiger partial charge in [-0.1, -0.05) is 0 Å². The van der Waals surface area contributed by atoms with E-state index in [2.05, 4.69) is 5.14 Å². The number of aliphatic hydroxyl groups is 1. The van der Waals surface area contributed by atoms with Gasteiger partial charge in [0.2, 0.25) is 5.12 Å². The highest BCUT2D eigenvalue weighted by molar-refractivity contribution is 8.11. The van der Waals surface area contributed by atoms with Gasteiger partial charge in [-0.25, -0.2) is 0 Å². The zero-order valence-corrected chi connectivity index (χ0v) is 3.86. The number of carbonyl (C=O) groups excluding carboxylic acids is 1. The highest BCUT2D eigenvalue weighted by atomic mass is 32.2. The molecule has 0 amide bonds. The molecule has 0 rings (SSSR count). The first-order valence-electron chi connectivity index (χ1n) is 1.31. The van der Waals surface area contributed by atoms with Crippen LogP contribution in [0, 0.1) is 0 Å². The maximum Gasteiger partial charge on any atom is 0.228 e. The molecule has 0 bridgehead atoms. The van der Waals surface area contributed by atoms with E-state index in [0.717, 1.165) is 0 Å². The lowest BCUT2D eigenvalue weighted by atomic mass is 10.8. The predicted molar refractivity (Wildman–Crippen MR) is 23.9 cm³/mol. The second-order valence-corrected chi connectivity index (χ2v) is 1.34.